The van der Waals surface area contributed by atoms with Gasteiger partial charge in [-0.15, -0.1) is 0 Å². The molecule has 4 aliphatic rings. The highest BCUT2D eigenvalue weighted by atomic mass is 32.2. The number of thioether (sulfide) groups is 2. The summed E-state index contributed by atoms with van der Waals surface area (Å²) in [5.41, 5.74) is 0. The van der Waals surface area contributed by atoms with E-state index in [4.69, 9.17) is 33.9 Å². The first-order valence-electron chi connectivity index (χ1n) is 10.9. The number of carbonyl (C=O) groups is 4. The number of ether oxygens (including phenoxy) is 2. The van der Waals surface area contributed by atoms with Crippen LogP contribution in [-0.4, -0.2) is 118 Å². The Morgan fingerprint density at radius 1 is 0.706 bits per heavy atom. The molecular formula is C20H24N4O6S4. The molecule has 0 aromatic heterocycles. The highest BCUT2D eigenvalue weighted by Crippen LogP contribution is 2.42. The van der Waals surface area contributed by atoms with E-state index < -0.39 is 11.8 Å². The lowest BCUT2D eigenvalue weighted by molar-refractivity contribution is -0.136. The maximum absolute atomic E-state index is 13.0. The van der Waals surface area contributed by atoms with Crippen molar-refractivity contribution in [2.24, 2.45) is 0 Å². The second kappa shape index (κ2) is 11.4. The summed E-state index contributed by atoms with van der Waals surface area (Å²) in [6.45, 7) is 4.47. The van der Waals surface area contributed by atoms with Crippen LogP contribution in [0.4, 0.5) is 0 Å². The molecule has 34 heavy (non-hydrogen) atoms. The number of carbonyl (C=O) groups excluding carboxylic acids is 4. The molecule has 0 unspecified atom stereocenters. The fraction of sp³-hybridized carbons (Fsp3) is 0.600. The van der Waals surface area contributed by atoms with E-state index in [0.717, 1.165) is 23.5 Å². The Bertz CT molecular complexity index is 871. The minimum Gasteiger partial charge on any atom is -0.378 e. The van der Waals surface area contributed by atoms with Gasteiger partial charge in [0.05, 0.1) is 36.2 Å². The van der Waals surface area contributed by atoms with Crippen molar-refractivity contribution in [1.82, 2.24) is 19.6 Å². The Hall–Kier alpha value is -1.58. The molecule has 4 fully saturated rings. The molecule has 14 heteroatoms. The van der Waals surface area contributed by atoms with Crippen molar-refractivity contribution in [1.29, 1.82) is 0 Å². The van der Waals surface area contributed by atoms with Gasteiger partial charge in [-0.3, -0.25) is 29.0 Å². The maximum Gasteiger partial charge on any atom is 0.267 e. The van der Waals surface area contributed by atoms with Crippen LogP contribution in [0.3, 0.4) is 0 Å². The van der Waals surface area contributed by atoms with E-state index in [-0.39, 0.29) is 47.6 Å². The van der Waals surface area contributed by atoms with E-state index in [1.54, 1.807) is 9.80 Å². The molecule has 4 amide bonds. The number of morpholine rings is 2. The third-order valence-corrected chi connectivity index (χ3v) is 8.76. The van der Waals surface area contributed by atoms with E-state index in [1.165, 1.54) is 9.80 Å². The molecule has 10 nitrogen and oxygen atoms in total. The van der Waals surface area contributed by atoms with Crippen LogP contribution >= 0.6 is 48.0 Å². The Morgan fingerprint density at radius 2 is 1.06 bits per heavy atom. The molecule has 0 spiro atoms. The minimum absolute atomic E-state index is 0.0615. The van der Waals surface area contributed by atoms with Gasteiger partial charge in [-0.05, 0) is 0 Å². The van der Waals surface area contributed by atoms with Gasteiger partial charge in [0, 0.05) is 52.1 Å². The number of hydrogen-bond acceptors (Lipinski definition) is 10. The van der Waals surface area contributed by atoms with Crippen LogP contribution in [-0.2, 0) is 28.7 Å². The zero-order valence-corrected chi connectivity index (χ0v) is 21.6. The first kappa shape index (κ1) is 25.5. The number of amides is 4. The van der Waals surface area contributed by atoms with Crippen LogP contribution in [0.25, 0.3) is 0 Å². The predicted octanol–water partition coefficient (Wildman–Crippen LogP) is 0.416. The molecule has 4 saturated heterocycles. The lowest BCUT2D eigenvalue weighted by Gasteiger charge is -2.27. The standard InChI is InChI=1S/C20H24N4O6S4/c25-13(21-5-9-29-10-6-21)1-3-23-17(27)15(33-19(23)31)16-18(28)24(20(32)34-16)4-2-14(26)22-7-11-30-12-8-22/h1-12H2. The lowest BCUT2D eigenvalue weighted by atomic mass is 10.3. The molecule has 0 aromatic carbocycles. The van der Waals surface area contributed by atoms with Gasteiger partial charge in [0.15, 0.2) is 0 Å². The first-order chi connectivity index (χ1) is 16.4. The van der Waals surface area contributed by atoms with E-state index in [0.29, 0.717) is 61.2 Å². The topological polar surface area (TPSA) is 99.7 Å². The third-order valence-electron chi connectivity index (χ3n) is 5.73. The third kappa shape index (κ3) is 5.62. The molecule has 0 aliphatic carbocycles. The average molecular weight is 545 g/mol. The van der Waals surface area contributed by atoms with Crippen molar-refractivity contribution in [3.8, 4) is 0 Å². The molecular weight excluding hydrogens is 521 g/mol. The number of nitrogens with zero attached hydrogens (tertiary/aromatic N) is 4. The van der Waals surface area contributed by atoms with Crippen molar-refractivity contribution < 1.29 is 28.7 Å². The fourth-order valence-electron chi connectivity index (χ4n) is 3.81. The molecule has 0 atom stereocenters. The Kier molecular flexibility index (Phi) is 8.58. The van der Waals surface area contributed by atoms with Crippen molar-refractivity contribution in [2.45, 2.75) is 12.8 Å². The first-order valence-corrected chi connectivity index (χ1v) is 13.3. The maximum atomic E-state index is 13.0. The molecule has 0 saturated carbocycles. The van der Waals surface area contributed by atoms with Crippen LogP contribution in [0.5, 0.6) is 0 Å². The van der Waals surface area contributed by atoms with Crippen LogP contribution < -0.4 is 0 Å². The van der Waals surface area contributed by atoms with Gasteiger partial charge >= 0.3 is 0 Å². The van der Waals surface area contributed by atoms with Crippen LogP contribution in [0.2, 0.25) is 0 Å². The molecule has 4 aliphatic heterocycles. The molecule has 184 valence electrons. The average Bonchev–Trinajstić information content (AvgIpc) is 3.30. The summed E-state index contributed by atoms with van der Waals surface area (Å²) in [4.78, 5) is 57.5. The van der Waals surface area contributed by atoms with Crippen molar-refractivity contribution in [2.75, 3.05) is 65.7 Å². The van der Waals surface area contributed by atoms with Gasteiger partial charge in [0.2, 0.25) is 11.8 Å². The summed E-state index contributed by atoms with van der Waals surface area (Å²) in [7, 11) is 0. The lowest BCUT2D eigenvalue weighted by Crippen LogP contribution is -2.42. The van der Waals surface area contributed by atoms with Gasteiger partial charge in [-0.1, -0.05) is 48.0 Å². The minimum atomic E-state index is -0.394. The van der Waals surface area contributed by atoms with Crippen molar-refractivity contribution >= 4 is 80.2 Å². The second-order valence-corrected chi connectivity index (χ2v) is 11.1. The Labute approximate surface area is 216 Å². The molecule has 0 radical (unpaired) electrons. The van der Waals surface area contributed by atoms with Gasteiger partial charge in [0.25, 0.3) is 11.8 Å². The molecule has 0 bridgehead atoms. The van der Waals surface area contributed by atoms with Crippen molar-refractivity contribution in [3.63, 3.8) is 0 Å². The van der Waals surface area contributed by atoms with Gasteiger partial charge in [-0.2, -0.15) is 0 Å². The SMILES string of the molecule is O=C(CCN1C(=O)C(=C2SC(=S)N(CCC(=O)N3CCOCC3)C2=O)SC1=S)N1CCOCC1. The number of thiocarbonyl (C=S) groups is 2. The van der Waals surface area contributed by atoms with Crippen LogP contribution in [0.15, 0.2) is 9.81 Å². The normalized spacial score (nSPS) is 24.0. The molecule has 4 heterocycles. The van der Waals surface area contributed by atoms with Crippen LogP contribution in [0, 0.1) is 0 Å². The van der Waals surface area contributed by atoms with E-state index in [1.807, 2.05) is 0 Å². The summed E-state index contributed by atoms with van der Waals surface area (Å²) < 4.78 is 11.1. The second-order valence-electron chi connectivity index (χ2n) is 7.79. The molecule has 0 N–H and O–H groups in total. The predicted molar refractivity (Wildman–Crippen MR) is 135 cm³/mol. The highest BCUT2D eigenvalue weighted by molar-refractivity contribution is 8.29. The number of hydrogen-bond donors (Lipinski definition) is 0. The summed E-state index contributed by atoms with van der Waals surface area (Å²) in [5, 5.41) is 0. The van der Waals surface area contributed by atoms with E-state index in [9.17, 15) is 19.2 Å². The van der Waals surface area contributed by atoms with E-state index >= 15 is 0 Å². The Balaban J connectivity index is 1.36. The fourth-order valence-corrected chi connectivity index (χ4v) is 6.58. The zero-order chi connectivity index (χ0) is 24.2. The molecule has 4 rings (SSSR count). The highest BCUT2D eigenvalue weighted by Gasteiger charge is 2.42. The van der Waals surface area contributed by atoms with Gasteiger partial charge in [-0.25, -0.2) is 0 Å². The zero-order valence-electron chi connectivity index (χ0n) is 18.4. The summed E-state index contributed by atoms with van der Waals surface area (Å²) in [6.07, 6.45) is 0.286. The number of rotatable bonds is 6. The summed E-state index contributed by atoms with van der Waals surface area (Å²) in [6, 6.07) is 0. The van der Waals surface area contributed by atoms with Crippen molar-refractivity contribution in [3.05, 3.63) is 9.81 Å². The van der Waals surface area contributed by atoms with Crippen LogP contribution in [0.1, 0.15) is 12.8 Å². The monoisotopic (exact) mass is 544 g/mol. The summed E-state index contributed by atoms with van der Waals surface area (Å²) >= 11 is 12.8. The van der Waals surface area contributed by atoms with Gasteiger partial charge in [0.1, 0.15) is 8.64 Å². The van der Waals surface area contributed by atoms with E-state index in [2.05, 4.69) is 0 Å². The Morgan fingerprint density at radius 3 is 1.41 bits per heavy atom. The van der Waals surface area contributed by atoms with Gasteiger partial charge < -0.3 is 19.3 Å². The largest absolute Gasteiger partial charge is 0.378 e. The quantitative estimate of drug-likeness (QED) is 0.346. The smallest absolute Gasteiger partial charge is 0.267 e. The summed E-state index contributed by atoms with van der Waals surface area (Å²) in [5.74, 6) is -0.911. The molecule has 0 aromatic rings.